The van der Waals surface area contributed by atoms with E-state index >= 15 is 0 Å². The van der Waals surface area contributed by atoms with Gasteiger partial charge in [0.1, 0.15) is 11.9 Å². The maximum absolute atomic E-state index is 7.09. The van der Waals surface area contributed by atoms with E-state index in [0.717, 1.165) is 44.9 Å². The van der Waals surface area contributed by atoms with Crippen LogP contribution in [-0.2, 0) is 0 Å². The Morgan fingerprint density at radius 3 is 1.91 bits per heavy atom. The van der Waals surface area contributed by atoms with Crippen LogP contribution in [0.3, 0.4) is 0 Å². The lowest BCUT2D eigenvalue weighted by Crippen LogP contribution is -2.13. The Morgan fingerprint density at radius 2 is 1.22 bits per heavy atom. The first-order valence-electron chi connectivity index (χ1n) is 15.3. The maximum Gasteiger partial charge on any atom is 0.168 e. The van der Waals surface area contributed by atoms with Crippen LogP contribution >= 0.6 is 0 Å². The highest BCUT2D eigenvalue weighted by atomic mass is 16.5. The number of nitrogens with zero attached hydrogens (tertiary/aromatic N) is 4. The fourth-order valence-corrected chi connectivity index (χ4v) is 6.89. The lowest BCUT2D eigenvalue weighted by Gasteiger charge is -2.22. The molecule has 45 heavy (non-hydrogen) atoms. The zero-order valence-electron chi connectivity index (χ0n) is 24.6. The summed E-state index contributed by atoms with van der Waals surface area (Å²) in [4.78, 5) is 15.1. The molecule has 5 heteroatoms. The molecule has 5 aromatic carbocycles. The van der Waals surface area contributed by atoms with Crippen LogP contribution in [0.1, 0.15) is 34.4 Å². The van der Waals surface area contributed by atoms with E-state index < -0.39 is 0 Å². The smallest absolute Gasteiger partial charge is 0.168 e. The van der Waals surface area contributed by atoms with E-state index in [-0.39, 0.29) is 12.0 Å². The Balaban J connectivity index is 1.23. The first kappa shape index (κ1) is 25.7. The van der Waals surface area contributed by atoms with Gasteiger partial charge in [0.05, 0.1) is 16.8 Å². The Bertz CT molecular complexity index is 2200. The highest BCUT2D eigenvalue weighted by Gasteiger charge is 2.42. The van der Waals surface area contributed by atoms with Gasteiger partial charge in [-0.3, -0.25) is 0 Å². The summed E-state index contributed by atoms with van der Waals surface area (Å²) in [6.07, 6.45) is 4.40. The van der Waals surface area contributed by atoms with Crippen molar-refractivity contribution in [2.24, 2.45) is 0 Å². The number of aryl methyl sites for hydroxylation is 1. The van der Waals surface area contributed by atoms with Crippen LogP contribution in [0.15, 0.2) is 133 Å². The van der Waals surface area contributed by atoms with Crippen LogP contribution in [-0.4, -0.2) is 19.5 Å². The van der Waals surface area contributed by atoms with Gasteiger partial charge in [-0.05, 0) is 36.8 Å². The van der Waals surface area contributed by atoms with Crippen molar-refractivity contribution < 1.29 is 4.74 Å². The van der Waals surface area contributed by atoms with Crippen LogP contribution in [0.4, 0.5) is 0 Å². The molecular formula is C40H28N4O. The highest BCUT2D eigenvalue weighted by molar-refractivity contribution is 5.92. The van der Waals surface area contributed by atoms with E-state index in [1.165, 1.54) is 16.5 Å². The predicted octanol–water partition coefficient (Wildman–Crippen LogP) is 9.37. The molecule has 0 saturated carbocycles. The second-order valence-corrected chi connectivity index (χ2v) is 11.6. The number of para-hydroxylation sites is 2. The van der Waals surface area contributed by atoms with E-state index in [1.807, 2.05) is 60.7 Å². The minimum Gasteiger partial charge on any atom is -0.484 e. The largest absolute Gasteiger partial charge is 0.484 e. The summed E-state index contributed by atoms with van der Waals surface area (Å²) in [5, 5.41) is 1.21. The summed E-state index contributed by atoms with van der Waals surface area (Å²) in [6.45, 7) is 2.11. The standard InChI is InChI=1S/C40H28N4O/c1-25-21-22-29-30-23-24-33-35(31-19-11-12-20-32(31)44(33)28-17-9-4-10-18-28)37(30)45-36(29)34(25)40-42-38(26-13-5-2-6-14-26)41-39(43-40)27-15-7-3-8-16-27/h2-24,30,37H,1H3. The summed E-state index contributed by atoms with van der Waals surface area (Å²) in [6, 6.07) is 43.8. The third-order valence-electron chi connectivity index (χ3n) is 8.96. The molecule has 0 bridgehead atoms. The van der Waals surface area contributed by atoms with Crippen molar-refractivity contribution in [1.29, 1.82) is 0 Å². The minimum absolute atomic E-state index is 0.0749. The molecule has 9 rings (SSSR count). The first-order chi connectivity index (χ1) is 22.2. The Kier molecular flexibility index (Phi) is 5.78. The van der Waals surface area contributed by atoms with Crippen LogP contribution in [0.5, 0.6) is 5.75 Å². The van der Waals surface area contributed by atoms with Crippen LogP contribution in [0.25, 0.3) is 56.8 Å². The summed E-state index contributed by atoms with van der Waals surface area (Å²) in [5.74, 6) is 2.82. The molecule has 0 N–H and O–H groups in total. The van der Waals surface area contributed by atoms with E-state index in [1.54, 1.807) is 0 Å². The zero-order chi connectivity index (χ0) is 29.9. The lowest BCUT2D eigenvalue weighted by molar-refractivity contribution is 0.225. The first-order valence-corrected chi connectivity index (χ1v) is 15.3. The van der Waals surface area contributed by atoms with Gasteiger partial charge in [-0.1, -0.05) is 115 Å². The van der Waals surface area contributed by atoms with Crippen LogP contribution in [0.2, 0.25) is 0 Å². The van der Waals surface area contributed by atoms with Gasteiger partial charge in [-0.15, -0.1) is 0 Å². The molecule has 0 radical (unpaired) electrons. The Labute approximate surface area is 261 Å². The van der Waals surface area contributed by atoms with Crippen molar-refractivity contribution in [3.8, 4) is 45.6 Å². The number of rotatable bonds is 4. The third-order valence-corrected chi connectivity index (χ3v) is 8.96. The fraction of sp³-hybridized carbons (Fsp3) is 0.0750. The van der Waals surface area contributed by atoms with Gasteiger partial charge in [0.15, 0.2) is 17.5 Å². The molecule has 0 fully saturated rings. The van der Waals surface area contributed by atoms with Crippen LogP contribution < -0.4 is 4.74 Å². The van der Waals surface area contributed by atoms with Crippen molar-refractivity contribution in [3.63, 3.8) is 0 Å². The van der Waals surface area contributed by atoms with Crippen molar-refractivity contribution >= 4 is 17.0 Å². The fourth-order valence-electron chi connectivity index (χ4n) is 6.89. The van der Waals surface area contributed by atoms with E-state index in [9.17, 15) is 0 Å². The number of fused-ring (bicyclic) bond motifs is 7. The van der Waals surface area contributed by atoms with Crippen molar-refractivity contribution in [2.75, 3.05) is 0 Å². The van der Waals surface area contributed by atoms with Crippen molar-refractivity contribution in [2.45, 2.75) is 18.9 Å². The maximum atomic E-state index is 7.09. The van der Waals surface area contributed by atoms with Gasteiger partial charge in [0.2, 0.25) is 0 Å². The van der Waals surface area contributed by atoms with Gasteiger partial charge >= 0.3 is 0 Å². The van der Waals surface area contributed by atoms with Crippen LogP contribution in [0, 0.1) is 6.92 Å². The third kappa shape index (κ3) is 4.05. The minimum atomic E-state index is -0.167. The molecular weight excluding hydrogens is 552 g/mol. The lowest BCUT2D eigenvalue weighted by atomic mass is 9.85. The molecule has 5 nitrogen and oxygen atoms in total. The second-order valence-electron chi connectivity index (χ2n) is 11.6. The molecule has 7 aromatic rings. The molecule has 214 valence electrons. The SMILES string of the molecule is Cc1ccc2c(c1-c1nc(-c3ccccc3)nc(-c3ccccc3)n1)OC1c3c(n(-c4ccccc4)c4ccccc34)C=CC21. The van der Waals surface area contributed by atoms with Gasteiger partial charge in [0, 0.05) is 39.2 Å². The molecule has 3 heterocycles. The average molecular weight is 581 g/mol. The van der Waals surface area contributed by atoms with Crippen molar-refractivity contribution in [1.82, 2.24) is 19.5 Å². The molecule has 1 aliphatic heterocycles. The van der Waals surface area contributed by atoms with Gasteiger partial charge in [0.25, 0.3) is 0 Å². The molecule has 2 unspecified atom stereocenters. The monoisotopic (exact) mass is 580 g/mol. The predicted molar refractivity (Wildman–Crippen MR) is 179 cm³/mol. The molecule has 0 saturated heterocycles. The van der Waals surface area contributed by atoms with Crippen molar-refractivity contribution in [3.05, 3.63) is 156 Å². The topological polar surface area (TPSA) is 52.8 Å². The van der Waals surface area contributed by atoms with Gasteiger partial charge in [-0.2, -0.15) is 0 Å². The average Bonchev–Trinajstić information content (AvgIpc) is 3.65. The quantitative estimate of drug-likeness (QED) is 0.208. The van der Waals surface area contributed by atoms with E-state index in [2.05, 4.69) is 90.4 Å². The summed E-state index contributed by atoms with van der Waals surface area (Å²) < 4.78 is 9.43. The van der Waals surface area contributed by atoms with E-state index in [0.29, 0.717) is 17.5 Å². The summed E-state index contributed by atoms with van der Waals surface area (Å²) in [7, 11) is 0. The zero-order valence-corrected chi connectivity index (χ0v) is 24.6. The Hall–Kier alpha value is -5.81. The Morgan fingerprint density at radius 1 is 0.622 bits per heavy atom. The number of benzene rings is 5. The van der Waals surface area contributed by atoms with Gasteiger partial charge in [-0.25, -0.2) is 15.0 Å². The van der Waals surface area contributed by atoms with E-state index in [4.69, 9.17) is 19.7 Å². The summed E-state index contributed by atoms with van der Waals surface area (Å²) in [5.41, 5.74) is 9.71. The molecule has 2 aliphatic rings. The number of hydrogen-bond donors (Lipinski definition) is 0. The number of ether oxygens (including phenoxy) is 1. The normalized spacial score (nSPS) is 16.2. The summed E-state index contributed by atoms with van der Waals surface area (Å²) >= 11 is 0. The highest BCUT2D eigenvalue weighted by Crippen LogP contribution is 2.55. The molecule has 2 atom stereocenters. The molecule has 0 spiro atoms. The second kappa shape index (κ2) is 10.1. The van der Waals surface area contributed by atoms with Gasteiger partial charge < -0.3 is 9.30 Å². The molecule has 0 amide bonds. The number of aromatic nitrogens is 4. The molecule has 2 aromatic heterocycles. The molecule has 1 aliphatic carbocycles. The number of hydrogen-bond acceptors (Lipinski definition) is 4.